The topological polar surface area (TPSA) is 77.2 Å². The van der Waals surface area contributed by atoms with E-state index < -0.39 is 0 Å². The van der Waals surface area contributed by atoms with Crippen LogP contribution < -0.4 is 11.1 Å². The molecule has 96 valence electrons. The van der Waals surface area contributed by atoms with Gasteiger partial charge in [0.15, 0.2) is 0 Å². The monoisotopic (exact) mass is 247 g/mol. The van der Waals surface area contributed by atoms with Crippen LogP contribution in [-0.4, -0.2) is 37.2 Å². The Kier molecular flexibility index (Phi) is 5.85. The summed E-state index contributed by atoms with van der Waals surface area (Å²) in [5.41, 5.74) is 6.43. The van der Waals surface area contributed by atoms with Crippen molar-refractivity contribution < 1.29 is 9.53 Å². The summed E-state index contributed by atoms with van der Waals surface area (Å²) in [4.78, 5) is 15.8. The summed E-state index contributed by atoms with van der Waals surface area (Å²) < 4.78 is 5.05. The van der Waals surface area contributed by atoms with Crippen LogP contribution in [0.2, 0.25) is 0 Å². The van der Waals surface area contributed by atoms with Gasteiger partial charge >= 0.3 is 0 Å². The summed E-state index contributed by atoms with van der Waals surface area (Å²) in [5, 5.41) is 2.76. The second-order valence-corrected chi connectivity index (χ2v) is 3.72. The predicted octanol–water partition coefficient (Wildman–Crippen LogP) is 0.157. The molecule has 0 spiro atoms. The van der Waals surface area contributed by atoms with Gasteiger partial charge in [0.25, 0.3) is 5.91 Å². The van der Waals surface area contributed by atoms with E-state index in [1.165, 1.54) is 6.20 Å². The molecular formula is C13H17N3O2. The molecule has 0 aromatic carbocycles. The van der Waals surface area contributed by atoms with E-state index in [9.17, 15) is 4.79 Å². The Morgan fingerprint density at radius 2 is 2.39 bits per heavy atom. The number of aromatic nitrogens is 1. The van der Waals surface area contributed by atoms with Crippen molar-refractivity contribution in [3.8, 4) is 11.8 Å². The number of hydrogen-bond donors (Lipinski definition) is 2. The Morgan fingerprint density at radius 1 is 1.61 bits per heavy atom. The van der Waals surface area contributed by atoms with Crippen LogP contribution >= 0.6 is 0 Å². The first kappa shape index (κ1) is 14.2. The molecule has 0 saturated carbocycles. The number of rotatable bonds is 4. The molecule has 1 heterocycles. The molecule has 1 atom stereocenters. The quantitative estimate of drug-likeness (QED) is 0.743. The molecule has 0 aliphatic heterocycles. The molecule has 1 aromatic heterocycles. The lowest BCUT2D eigenvalue weighted by Crippen LogP contribution is -2.31. The highest BCUT2D eigenvalue weighted by Crippen LogP contribution is 2.01. The molecule has 3 N–H and O–H groups in total. The lowest BCUT2D eigenvalue weighted by atomic mass is 10.2. The fourth-order valence-corrected chi connectivity index (χ4v) is 1.21. The first-order valence-electron chi connectivity index (χ1n) is 5.62. The van der Waals surface area contributed by atoms with Gasteiger partial charge < -0.3 is 15.8 Å². The summed E-state index contributed by atoms with van der Waals surface area (Å²) in [6.07, 6.45) is 3.07. The number of pyridine rings is 1. The van der Waals surface area contributed by atoms with Gasteiger partial charge in [0.1, 0.15) is 0 Å². The number of nitrogens with two attached hydrogens (primary N) is 1. The van der Waals surface area contributed by atoms with Crippen LogP contribution in [-0.2, 0) is 4.74 Å². The highest BCUT2D eigenvalue weighted by Gasteiger charge is 2.07. The number of carbonyl (C=O) groups is 1. The zero-order valence-corrected chi connectivity index (χ0v) is 10.6. The molecule has 1 amide bonds. The highest BCUT2D eigenvalue weighted by molar-refractivity contribution is 5.94. The van der Waals surface area contributed by atoms with Gasteiger partial charge in [-0.3, -0.25) is 9.78 Å². The average Bonchev–Trinajstić information content (AvgIpc) is 2.42. The van der Waals surface area contributed by atoms with Crippen LogP contribution in [0.3, 0.4) is 0 Å². The predicted molar refractivity (Wildman–Crippen MR) is 69.0 cm³/mol. The average molecular weight is 247 g/mol. The van der Waals surface area contributed by atoms with Crippen LogP contribution in [0.5, 0.6) is 0 Å². The van der Waals surface area contributed by atoms with Gasteiger partial charge in [-0.25, -0.2) is 0 Å². The van der Waals surface area contributed by atoms with E-state index in [0.717, 1.165) is 0 Å². The summed E-state index contributed by atoms with van der Waals surface area (Å²) in [7, 11) is 1.60. The first-order valence-corrected chi connectivity index (χ1v) is 5.62. The number of nitrogens with one attached hydrogen (secondary N) is 1. The van der Waals surface area contributed by atoms with Crippen molar-refractivity contribution in [3.05, 3.63) is 29.6 Å². The normalized spacial score (nSPS) is 11.3. The number of carbonyl (C=O) groups excluding carboxylic acids is 1. The summed E-state index contributed by atoms with van der Waals surface area (Å²) >= 11 is 0. The SMILES string of the molecule is COC(C)CNC(=O)c1cncc(C#CCN)c1. The van der Waals surface area contributed by atoms with Gasteiger partial charge in [-0.05, 0) is 13.0 Å². The maximum atomic E-state index is 11.8. The molecular weight excluding hydrogens is 230 g/mol. The zero-order valence-electron chi connectivity index (χ0n) is 10.6. The minimum atomic E-state index is -0.192. The van der Waals surface area contributed by atoms with Crippen molar-refractivity contribution in [1.29, 1.82) is 0 Å². The third-order valence-corrected chi connectivity index (χ3v) is 2.29. The molecule has 1 aromatic rings. The molecule has 0 aliphatic carbocycles. The van der Waals surface area contributed by atoms with E-state index in [0.29, 0.717) is 17.7 Å². The second-order valence-electron chi connectivity index (χ2n) is 3.72. The number of ether oxygens (including phenoxy) is 1. The Morgan fingerprint density at radius 3 is 3.06 bits per heavy atom. The molecule has 0 saturated heterocycles. The summed E-state index contributed by atoms with van der Waals surface area (Å²) in [6, 6.07) is 1.68. The van der Waals surface area contributed by atoms with E-state index in [2.05, 4.69) is 22.1 Å². The number of hydrogen-bond acceptors (Lipinski definition) is 4. The Hall–Kier alpha value is -1.90. The smallest absolute Gasteiger partial charge is 0.252 e. The minimum Gasteiger partial charge on any atom is -0.380 e. The molecule has 0 radical (unpaired) electrons. The lowest BCUT2D eigenvalue weighted by Gasteiger charge is -2.10. The summed E-state index contributed by atoms with van der Waals surface area (Å²) in [5.74, 6) is 5.36. The van der Waals surface area contributed by atoms with Crippen LogP contribution in [0.4, 0.5) is 0 Å². The zero-order chi connectivity index (χ0) is 13.4. The van der Waals surface area contributed by atoms with Gasteiger partial charge in [0.05, 0.1) is 18.2 Å². The Balaban J connectivity index is 2.68. The van der Waals surface area contributed by atoms with Crippen molar-refractivity contribution in [2.75, 3.05) is 20.2 Å². The van der Waals surface area contributed by atoms with Crippen LogP contribution in [0.1, 0.15) is 22.8 Å². The van der Waals surface area contributed by atoms with Crippen molar-refractivity contribution in [2.45, 2.75) is 13.0 Å². The van der Waals surface area contributed by atoms with Gasteiger partial charge in [-0.15, -0.1) is 0 Å². The number of nitrogens with zero attached hydrogens (tertiary/aromatic N) is 1. The largest absolute Gasteiger partial charge is 0.380 e. The molecule has 5 nitrogen and oxygen atoms in total. The van der Waals surface area contributed by atoms with Gasteiger partial charge in [0, 0.05) is 31.6 Å². The molecule has 0 bridgehead atoms. The highest BCUT2D eigenvalue weighted by atomic mass is 16.5. The van der Waals surface area contributed by atoms with Crippen LogP contribution in [0.15, 0.2) is 18.5 Å². The first-order chi connectivity index (χ1) is 8.67. The molecule has 0 fully saturated rings. The lowest BCUT2D eigenvalue weighted by molar-refractivity contribution is 0.0870. The molecule has 18 heavy (non-hydrogen) atoms. The van der Waals surface area contributed by atoms with Crippen LogP contribution in [0.25, 0.3) is 0 Å². The standard InChI is InChI=1S/C13H17N3O2/c1-10(18-2)7-16-13(17)12-6-11(4-3-5-14)8-15-9-12/h6,8-10H,5,7,14H2,1-2H3,(H,16,17). The second kappa shape index (κ2) is 7.43. The molecule has 1 unspecified atom stereocenters. The molecule has 0 aliphatic rings. The van der Waals surface area contributed by atoms with Crippen molar-refractivity contribution in [1.82, 2.24) is 10.3 Å². The van der Waals surface area contributed by atoms with E-state index in [1.54, 1.807) is 19.4 Å². The summed E-state index contributed by atoms with van der Waals surface area (Å²) in [6.45, 7) is 2.61. The third-order valence-electron chi connectivity index (χ3n) is 2.29. The third kappa shape index (κ3) is 4.53. The van der Waals surface area contributed by atoms with E-state index >= 15 is 0 Å². The van der Waals surface area contributed by atoms with Gasteiger partial charge in [-0.2, -0.15) is 0 Å². The van der Waals surface area contributed by atoms with Crippen LogP contribution in [0, 0.1) is 11.8 Å². The van der Waals surface area contributed by atoms with Crippen molar-refractivity contribution in [3.63, 3.8) is 0 Å². The fraction of sp³-hybridized carbons (Fsp3) is 0.385. The van der Waals surface area contributed by atoms with Gasteiger partial charge in [0.2, 0.25) is 0 Å². The Labute approximate surface area is 107 Å². The molecule has 1 rings (SSSR count). The van der Waals surface area contributed by atoms with E-state index in [4.69, 9.17) is 10.5 Å². The minimum absolute atomic E-state index is 0.0258. The van der Waals surface area contributed by atoms with E-state index in [1.807, 2.05) is 6.92 Å². The van der Waals surface area contributed by atoms with Crippen molar-refractivity contribution >= 4 is 5.91 Å². The fourth-order valence-electron chi connectivity index (χ4n) is 1.21. The number of amides is 1. The maximum absolute atomic E-state index is 11.8. The van der Waals surface area contributed by atoms with E-state index in [-0.39, 0.29) is 18.6 Å². The maximum Gasteiger partial charge on any atom is 0.252 e. The molecule has 5 heteroatoms. The van der Waals surface area contributed by atoms with Crippen molar-refractivity contribution in [2.24, 2.45) is 5.73 Å². The van der Waals surface area contributed by atoms with Gasteiger partial charge in [-0.1, -0.05) is 11.8 Å². The number of methoxy groups -OCH3 is 1. The Bertz CT molecular complexity index is 463.